The van der Waals surface area contributed by atoms with Gasteiger partial charge in [0.1, 0.15) is 5.54 Å². The van der Waals surface area contributed by atoms with Gasteiger partial charge in [0.05, 0.1) is 6.07 Å². The molecule has 21 heavy (non-hydrogen) atoms. The molecule has 0 spiro atoms. The Bertz CT molecular complexity index is 398. The topological polar surface area (TPSA) is 39.1 Å². The molecule has 4 atom stereocenters. The van der Waals surface area contributed by atoms with E-state index in [-0.39, 0.29) is 5.54 Å². The standard InChI is InChI=1S/C18H31N3/c1-14-5-3-6-16(11-14)21(2)17-7-4-10-18(12-17,13-19)20-15-8-9-15/h14-17,20H,3-12H2,1-2H3. The Hall–Kier alpha value is -0.590. The van der Waals surface area contributed by atoms with Crippen LogP contribution in [0.2, 0.25) is 0 Å². The zero-order valence-electron chi connectivity index (χ0n) is 13.8. The van der Waals surface area contributed by atoms with Crippen LogP contribution in [0.25, 0.3) is 0 Å². The molecule has 3 fully saturated rings. The molecule has 3 aliphatic rings. The number of hydrogen-bond donors (Lipinski definition) is 1. The van der Waals surface area contributed by atoms with Crippen molar-refractivity contribution in [2.24, 2.45) is 5.92 Å². The lowest BCUT2D eigenvalue weighted by molar-refractivity contribution is 0.0750. The summed E-state index contributed by atoms with van der Waals surface area (Å²) in [5.74, 6) is 0.875. The van der Waals surface area contributed by atoms with Gasteiger partial charge in [-0.15, -0.1) is 0 Å². The second kappa shape index (κ2) is 6.26. The van der Waals surface area contributed by atoms with E-state index in [9.17, 15) is 5.26 Å². The Balaban J connectivity index is 1.62. The molecule has 0 aromatic rings. The Morgan fingerprint density at radius 1 is 1.10 bits per heavy atom. The average molecular weight is 289 g/mol. The number of rotatable bonds is 4. The Morgan fingerprint density at radius 2 is 1.86 bits per heavy atom. The highest BCUT2D eigenvalue weighted by Gasteiger charge is 2.42. The van der Waals surface area contributed by atoms with Crippen molar-refractivity contribution in [3.8, 4) is 6.07 Å². The fourth-order valence-corrected chi connectivity index (χ4v) is 4.55. The van der Waals surface area contributed by atoms with Crippen molar-refractivity contribution in [3.63, 3.8) is 0 Å². The number of nitrogens with one attached hydrogen (secondary N) is 1. The van der Waals surface area contributed by atoms with E-state index in [2.05, 4.69) is 30.3 Å². The van der Waals surface area contributed by atoms with Crippen LogP contribution in [0, 0.1) is 17.2 Å². The molecule has 4 unspecified atom stereocenters. The smallest absolute Gasteiger partial charge is 0.108 e. The molecule has 0 bridgehead atoms. The second-order valence-corrected chi connectivity index (χ2v) is 7.95. The minimum atomic E-state index is -0.237. The predicted octanol–water partition coefficient (Wildman–Crippen LogP) is 3.45. The molecule has 0 aromatic heterocycles. The maximum atomic E-state index is 9.74. The van der Waals surface area contributed by atoms with E-state index in [0.29, 0.717) is 12.1 Å². The third kappa shape index (κ3) is 3.60. The van der Waals surface area contributed by atoms with Gasteiger partial charge >= 0.3 is 0 Å². The fraction of sp³-hybridized carbons (Fsp3) is 0.944. The van der Waals surface area contributed by atoms with Crippen molar-refractivity contribution in [1.29, 1.82) is 5.26 Å². The van der Waals surface area contributed by atoms with Gasteiger partial charge in [0.25, 0.3) is 0 Å². The minimum Gasteiger partial charge on any atom is -0.300 e. The molecular formula is C18H31N3. The van der Waals surface area contributed by atoms with Gasteiger partial charge in [-0.3, -0.25) is 5.32 Å². The minimum absolute atomic E-state index is 0.237. The summed E-state index contributed by atoms with van der Waals surface area (Å²) in [4.78, 5) is 2.63. The first kappa shape index (κ1) is 15.3. The average Bonchev–Trinajstić information content (AvgIpc) is 3.30. The Labute approximate surface area is 130 Å². The molecule has 0 heterocycles. The maximum Gasteiger partial charge on any atom is 0.108 e. The zero-order valence-corrected chi connectivity index (χ0v) is 13.8. The largest absolute Gasteiger partial charge is 0.300 e. The van der Waals surface area contributed by atoms with E-state index >= 15 is 0 Å². The third-order valence-corrected chi connectivity index (χ3v) is 6.06. The summed E-state index contributed by atoms with van der Waals surface area (Å²) in [6, 6.07) is 4.62. The highest BCUT2D eigenvalue weighted by atomic mass is 15.2. The molecule has 0 radical (unpaired) electrons. The molecule has 0 aliphatic heterocycles. The van der Waals surface area contributed by atoms with E-state index in [1.54, 1.807) is 0 Å². The van der Waals surface area contributed by atoms with Gasteiger partial charge in [0, 0.05) is 18.1 Å². The highest BCUT2D eigenvalue weighted by Crippen LogP contribution is 2.36. The summed E-state index contributed by atoms with van der Waals surface area (Å²) in [5.41, 5.74) is -0.237. The first-order valence-corrected chi connectivity index (χ1v) is 9.03. The maximum absolute atomic E-state index is 9.74. The van der Waals surface area contributed by atoms with Crippen LogP contribution in [-0.4, -0.2) is 35.6 Å². The normalized spacial score (nSPS) is 41.0. The lowest BCUT2D eigenvalue weighted by Gasteiger charge is -2.45. The van der Waals surface area contributed by atoms with Gasteiger partial charge in [-0.1, -0.05) is 19.8 Å². The van der Waals surface area contributed by atoms with Gasteiger partial charge in [0.2, 0.25) is 0 Å². The van der Waals surface area contributed by atoms with E-state index in [0.717, 1.165) is 24.8 Å². The van der Waals surface area contributed by atoms with Gasteiger partial charge in [0.15, 0.2) is 0 Å². The van der Waals surface area contributed by atoms with Gasteiger partial charge in [-0.25, -0.2) is 0 Å². The molecular weight excluding hydrogens is 258 g/mol. The van der Waals surface area contributed by atoms with Crippen LogP contribution in [-0.2, 0) is 0 Å². The van der Waals surface area contributed by atoms with Crippen LogP contribution in [0.3, 0.4) is 0 Å². The third-order valence-electron chi connectivity index (χ3n) is 6.06. The molecule has 0 amide bonds. The number of hydrogen-bond acceptors (Lipinski definition) is 3. The number of nitriles is 1. The number of nitrogens with zero attached hydrogens (tertiary/aromatic N) is 2. The van der Waals surface area contributed by atoms with Crippen LogP contribution >= 0.6 is 0 Å². The van der Waals surface area contributed by atoms with E-state index in [1.807, 2.05) is 0 Å². The molecule has 1 N–H and O–H groups in total. The van der Waals surface area contributed by atoms with Gasteiger partial charge < -0.3 is 4.90 Å². The van der Waals surface area contributed by atoms with Crippen LogP contribution in [0.5, 0.6) is 0 Å². The van der Waals surface area contributed by atoms with Crippen molar-refractivity contribution in [1.82, 2.24) is 10.2 Å². The summed E-state index contributed by atoms with van der Waals surface area (Å²) in [7, 11) is 2.32. The quantitative estimate of drug-likeness (QED) is 0.861. The first-order chi connectivity index (χ1) is 10.1. The van der Waals surface area contributed by atoms with Crippen LogP contribution in [0.4, 0.5) is 0 Å². The molecule has 3 nitrogen and oxygen atoms in total. The molecule has 3 aliphatic carbocycles. The van der Waals surface area contributed by atoms with E-state index in [1.165, 1.54) is 51.4 Å². The lowest BCUT2D eigenvalue weighted by atomic mass is 9.77. The summed E-state index contributed by atoms with van der Waals surface area (Å²) in [6.07, 6.45) is 12.6. The monoisotopic (exact) mass is 289 g/mol. The van der Waals surface area contributed by atoms with E-state index in [4.69, 9.17) is 0 Å². The SMILES string of the molecule is CC1CCCC(N(C)C2CCCC(C#N)(NC3CC3)C2)C1. The highest BCUT2D eigenvalue weighted by molar-refractivity contribution is 5.13. The Morgan fingerprint density at radius 3 is 2.52 bits per heavy atom. The van der Waals surface area contributed by atoms with Crippen LogP contribution < -0.4 is 5.32 Å². The summed E-state index contributed by atoms with van der Waals surface area (Å²) < 4.78 is 0. The van der Waals surface area contributed by atoms with Crippen molar-refractivity contribution >= 4 is 0 Å². The zero-order chi connectivity index (χ0) is 14.9. The lowest BCUT2D eigenvalue weighted by Crippen LogP contribution is -2.54. The Kier molecular flexibility index (Phi) is 4.57. The summed E-state index contributed by atoms with van der Waals surface area (Å²) >= 11 is 0. The second-order valence-electron chi connectivity index (χ2n) is 7.95. The predicted molar refractivity (Wildman–Crippen MR) is 85.9 cm³/mol. The molecule has 3 heteroatoms. The van der Waals surface area contributed by atoms with Crippen molar-refractivity contribution in [2.75, 3.05) is 7.05 Å². The van der Waals surface area contributed by atoms with Crippen LogP contribution in [0.1, 0.15) is 71.1 Å². The van der Waals surface area contributed by atoms with Gasteiger partial charge in [-0.2, -0.15) is 5.26 Å². The molecule has 0 aromatic carbocycles. The first-order valence-electron chi connectivity index (χ1n) is 9.03. The van der Waals surface area contributed by atoms with Crippen molar-refractivity contribution < 1.29 is 0 Å². The van der Waals surface area contributed by atoms with Gasteiger partial charge in [-0.05, 0) is 64.3 Å². The molecule has 118 valence electrons. The molecule has 0 saturated heterocycles. The molecule has 3 rings (SSSR count). The fourth-order valence-electron chi connectivity index (χ4n) is 4.55. The summed E-state index contributed by atoms with van der Waals surface area (Å²) in [5, 5.41) is 13.4. The van der Waals surface area contributed by atoms with Crippen LogP contribution in [0.15, 0.2) is 0 Å². The summed E-state index contributed by atoms with van der Waals surface area (Å²) in [6.45, 7) is 2.40. The van der Waals surface area contributed by atoms with Crippen molar-refractivity contribution in [2.45, 2.75) is 94.8 Å². The van der Waals surface area contributed by atoms with Crippen molar-refractivity contribution in [3.05, 3.63) is 0 Å². The van der Waals surface area contributed by atoms with E-state index < -0.39 is 0 Å². The molecule has 3 saturated carbocycles.